The van der Waals surface area contributed by atoms with Crippen molar-refractivity contribution in [2.24, 2.45) is 5.73 Å². The van der Waals surface area contributed by atoms with Crippen LogP contribution in [-0.2, 0) is 32.7 Å². The largest absolute Gasteiger partial charge is 0.472 e. The van der Waals surface area contributed by atoms with Crippen LogP contribution in [0.1, 0.15) is 206 Å². The summed E-state index contributed by atoms with van der Waals surface area (Å²) in [6.45, 7) is 3.71. The molecule has 2 atom stereocenters. The van der Waals surface area contributed by atoms with Crippen molar-refractivity contribution in [1.29, 1.82) is 0 Å². The highest BCUT2D eigenvalue weighted by Gasteiger charge is 2.26. The predicted octanol–water partition coefficient (Wildman–Crippen LogP) is 12.4. The van der Waals surface area contributed by atoms with E-state index in [9.17, 15) is 19.0 Å². The van der Waals surface area contributed by atoms with E-state index in [0.717, 1.165) is 57.8 Å². The number of nitrogens with two attached hydrogens (primary N) is 1. The van der Waals surface area contributed by atoms with Crippen LogP contribution in [0.25, 0.3) is 0 Å². The minimum Gasteiger partial charge on any atom is -0.462 e. The fraction of sp³-hybridized carbons (Fsp3) is 0.860. The van der Waals surface area contributed by atoms with Crippen molar-refractivity contribution in [3.63, 3.8) is 0 Å². The molecule has 0 bridgehead atoms. The van der Waals surface area contributed by atoms with E-state index in [4.69, 9.17) is 24.3 Å². The summed E-state index contributed by atoms with van der Waals surface area (Å²) in [5.74, 6) is -0.836. The summed E-state index contributed by atoms with van der Waals surface area (Å²) in [5.41, 5.74) is 5.34. The smallest absolute Gasteiger partial charge is 0.462 e. The molecule has 0 spiro atoms. The van der Waals surface area contributed by atoms with Gasteiger partial charge < -0.3 is 20.1 Å². The normalized spacial score (nSPS) is 13.5. The van der Waals surface area contributed by atoms with Crippen molar-refractivity contribution < 1.29 is 37.6 Å². The monoisotopic (exact) mass is 772 g/mol. The molecule has 0 aromatic carbocycles. The molecule has 0 saturated carbocycles. The molecule has 53 heavy (non-hydrogen) atoms. The van der Waals surface area contributed by atoms with E-state index >= 15 is 0 Å². The fourth-order valence-corrected chi connectivity index (χ4v) is 6.80. The summed E-state index contributed by atoms with van der Waals surface area (Å²) in [6.07, 6.45) is 42.0. The molecule has 0 aromatic heterocycles. The third kappa shape index (κ3) is 40.0. The van der Waals surface area contributed by atoms with Crippen LogP contribution >= 0.6 is 7.82 Å². The first-order chi connectivity index (χ1) is 25.8. The lowest BCUT2D eigenvalue weighted by molar-refractivity contribution is -0.161. The van der Waals surface area contributed by atoms with E-state index in [-0.39, 0.29) is 38.6 Å². The summed E-state index contributed by atoms with van der Waals surface area (Å²) in [5, 5.41) is 0. The van der Waals surface area contributed by atoms with Crippen LogP contribution in [0.15, 0.2) is 24.3 Å². The lowest BCUT2D eigenvalue weighted by Gasteiger charge is -2.19. The van der Waals surface area contributed by atoms with Crippen LogP contribution in [0, 0.1) is 0 Å². The van der Waals surface area contributed by atoms with Gasteiger partial charge in [0.2, 0.25) is 0 Å². The molecule has 0 saturated heterocycles. The Morgan fingerprint density at radius 3 is 1.36 bits per heavy atom. The number of rotatable bonds is 41. The highest BCUT2D eigenvalue weighted by Crippen LogP contribution is 2.43. The summed E-state index contributed by atoms with van der Waals surface area (Å²) in [4.78, 5) is 34.8. The second kappa shape index (κ2) is 40.2. The maximum absolute atomic E-state index is 12.6. The molecule has 9 nitrogen and oxygen atoms in total. The molecule has 0 rings (SSSR count). The SMILES string of the molecule is CCCCCC/C=C\CCCCCCCC(=O)OCC(COP(=O)(O)OCCN)OC(=O)CCCCCCCCCCC/C=C\CCCCCCCC. The molecule has 0 aliphatic rings. The number of hydrogen-bond donors (Lipinski definition) is 2. The van der Waals surface area contributed by atoms with Crippen LogP contribution in [0.3, 0.4) is 0 Å². The van der Waals surface area contributed by atoms with Crippen molar-refractivity contribution in [2.45, 2.75) is 213 Å². The van der Waals surface area contributed by atoms with Gasteiger partial charge in [-0.05, 0) is 64.2 Å². The number of ether oxygens (including phenoxy) is 2. The molecule has 2 unspecified atom stereocenters. The number of carbonyl (C=O) groups is 2. The minimum absolute atomic E-state index is 0.0530. The molecule has 0 amide bonds. The molecule has 0 aliphatic heterocycles. The Labute approximate surface area is 325 Å². The second-order valence-electron chi connectivity index (χ2n) is 14.6. The average molecular weight is 772 g/mol. The molecule has 0 fully saturated rings. The number of hydrogen-bond acceptors (Lipinski definition) is 8. The van der Waals surface area contributed by atoms with Crippen LogP contribution in [0.4, 0.5) is 0 Å². The zero-order valence-electron chi connectivity index (χ0n) is 34.3. The molecular formula is C43H82NO8P. The first-order valence-corrected chi connectivity index (χ1v) is 23.3. The number of esters is 2. The van der Waals surface area contributed by atoms with Gasteiger partial charge in [-0.25, -0.2) is 4.57 Å². The summed E-state index contributed by atoms with van der Waals surface area (Å²) in [6, 6.07) is 0. The standard InChI is InChI=1S/C43H82NO8P/c1-3-5-7-9-11-13-15-17-18-19-20-21-22-24-26-28-30-32-34-36-43(46)52-41(40-51-53(47,48)50-38-37-44)39-49-42(45)35-33-31-29-27-25-23-16-14-12-10-8-6-4-2/h14,16-18,41H,3-13,15,19-40,44H2,1-2H3,(H,47,48)/b16-14-,18-17-. The Bertz CT molecular complexity index is 928. The van der Waals surface area contributed by atoms with Gasteiger partial charge in [-0.15, -0.1) is 0 Å². The van der Waals surface area contributed by atoms with Crippen molar-refractivity contribution in [3.8, 4) is 0 Å². The van der Waals surface area contributed by atoms with Crippen LogP contribution in [0.2, 0.25) is 0 Å². The van der Waals surface area contributed by atoms with E-state index in [2.05, 4.69) is 38.2 Å². The predicted molar refractivity (Wildman–Crippen MR) is 220 cm³/mol. The highest BCUT2D eigenvalue weighted by atomic mass is 31.2. The third-order valence-electron chi connectivity index (χ3n) is 9.31. The number of phosphoric ester groups is 1. The second-order valence-corrected chi connectivity index (χ2v) is 16.0. The molecule has 0 aromatic rings. The van der Waals surface area contributed by atoms with E-state index in [1.807, 2.05) is 0 Å². The average Bonchev–Trinajstić information content (AvgIpc) is 3.14. The van der Waals surface area contributed by atoms with Crippen molar-refractivity contribution in [1.82, 2.24) is 0 Å². The fourth-order valence-electron chi connectivity index (χ4n) is 6.04. The van der Waals surface area contributed by atoms with Crippen molar-refractivity contribution >= 4 is 19.8 Å². The van der Waals surface area contributed by atoms with Crippen molar-refractivity contribution in [3.05, 3.63) is 24.3 Å². The van der Waals surface area contributed by atoms with Crippen molar-refractivity contribution in [2.75, 3.05) is 26.4 Å². The molecule has 0 aliphatic carbocycles. The first kappa shape index (κ1) is 51.5. The third-order valence-corrected chi connectivity index (χ3v) is 10.3. The van der Waals surface area contributed by atoms with E-state index in [0.29, 0.717) is 6.42 Å². The Hall–Kier alpha value is -1.51. The first-order valence-electron chi connectivity index (χ1n) is 21.8. The van der Waals surface area contributed by atoms with E-state index in [1.54, 1.807) is 0 Å². The number of allylic oxidation sites excluding steroid dienone is 4. The highest BCUT2D eigenvalue weighted by molar-refractivity contribution is 7.47. The lowest BCUT2D eigenvalue weighted by Crippen LogP contribution is -2.29. The molecular weight excluding hydrogens is 689 g/mol. The van der Waals surface area contributed by atoms with Gasteiger partial charge in [0.05, 0.1) is 13.2 Å². The van der Waals surface area contributed by atoms with Gasteiger partial charge in [-0.3, -0.25) is 18.6 Å². The van der Waals surface area contributed by atoms with Crippen LogP contribution in [-0.4, -0.2) is 49.3 Å². The zero-order valence-corrected chi connectivity index (χ0v) is 35.2. The number of unbranched alkanes of at least 4 members (excludes halogenated alkanes) is 24. The summed E-state index contributed by atoms with van der Waals surface area (Å²) in [7, 11) is -4.37. The van der Waals surface area contributed by atoms with Gasteiger partial charge in [0.1, 0.15) is 6.61 Å². The zero-order chi connectivity index (χ0) is 38.9. The van der Waals surface area contributed by atoms with Crippen LogP contribution in [0.5, 0.6) is 0 Å². The van der Waals surface area contributed by atoms with Gasteiger partial charge in [0.25, 0.3) is 0 Å². The Morgan fingerprint density at radius 1 is 0.547 bits per heavy atom. The molecule has 0 radical (unpaired) electrons. The number of phosphoric acid groups is 1. The quantitative estimate of drug-likeness (QED) is 0.0269. The molecule has 0 heterocycles. The Balaban J connectivity index is 4.13. The molecule has 312 valence electrons. The minimum atomic E-state index is -4.37. The van der Waals surface area contributed by atoms with Gasteiger partial charge in [0, 0.05) is 19.4 Å². The van der Waals surface area contributed by atoms with Crippen LogP contribution < -0.4 is 5.73 Å². The van der Waals surface area contributed by atoms with E-state index in [1.165, 1.54) is 116 Å². The van der Waals surface area contributed by atoms with Gasteiger partial charge in [0.15, 0.2) is 6.10 Å². The van der Waals surface area contributed by atoms with Gasteiger partial charge in [-0.1, -0.05) is 154 Å². The molecule has 3 N–H and O–H groups in total. The Kier molecular flexibility index (Phi) is 39.0. The lowest BCUT2D eigenvalue weighted by atomic mass is 10.1. The Morgan fingerprint density at radius 2 is 0.925 bits per heavy atom. The maximum atomic E-state index is 12.6. The topological polar surface area (TPSA) is 134 Å². The summed E-state index contributed by atoms with van der Waals surface area (Å²) >= 11 is 0. The van der Waals surface area contributed by atoms with E-state index < -0.39 is 26.5 Å². The maximum Gasteiger partial charge on any atom is 0.472 e. The number of carbonyl (C=O) groups excluding carboxylic acids is 2. The van der Waals surface area contributed by atoms with Gasteiger partial charge in [-0.2, -0.15) is 0 Å². The summed E-state index contributed by atoms with van der Waals surface area (Å²) < 4.78 is 32.8. The molecule has 10 heteroatoms. The van der Waals surface area contributed by atoms with Gasteiger partial charge >= 0.3 is 19.8 Å².